The van der Waals surface area contributed by atoms with E-state index in [-0.39, 0.29) is 23.6 Å². The highest BCUT2D eigenvalue weighted by Gasteiger charge is 2.46. The fourth-order valence-corrected chi connectivity index (χ4v) is 3.63. The molecule has 0 unspecified atom stereocenters. The van der Waals surface area contributed by atoms with E-state index < -0.39 is 22.7 Å². The van der Waals surface area contributed by atoms with E-state index in [0.29, 0.717) is 30.0 Å². The zero-order valence-corrected chi connectivity index (χ0v) is 18.9. The number of benzene rings is 2. The molecule has 1 aliphatic rings. The summed E-state index contributed by atoms with van der Waals surface area (Å²) >= 11 is 0. The Labute approximate surface area is 192 Å². The molecule has 1 amide bonds. The van der Waals surface area contributed by atoms with Crippen LogP contribution < -0.4 is 4.74 Å². The Balaban J connectivity index is 2.06. The molecule has 2 aromatic rings. The Morgan fingerprint density at radius 2 is 1.76 bits per heavy atom. The standard InChI is InChI=1S/C24H27N3O6/c1-4-15-33-19-11-7-17(8-12-19)22(28)20-21(16-5-9-18(10-6-16)27(31)32)26(14-13-25(2)3)24(30)23(20)29/h5-12,21,28H,4,13-15H2,1-3H3/t21-/m1/s1. The summed E-state index contributed by atoms with van der Waals surface area (Å²) in [4.78, 5) is 39.7. The minimum absolute atomic E-state index is 0.0464. The number of aliphatic hydroxyl groups is 1. The lowest BCUT2D eigenvalue weighted by molar-refractivity contribution is -0.384. The number of hydrogen-bond donors (Lipinski definition) is 1. The van der Waals surface area contributed by atoms with Crippen LogP contribution in [0.4, 0.5) is 5.69 Å². The number of nitrogens with zero attached hydrogens (tertiary/aromatic N) is 3. The molecule has 2 aromatic carbocycles. The molecule has 9 heteroatoms. The number of rotatable bonds is 9. The van der Waals surface area contributed by atoms with E-state index in [1.807, 2.05) is 25.9 Å². The van der Waals surface area contributed by atoms with Crippen molar-refractivity contribution in [2.45, 2.75) is 19.4 Å². The highest BCUT2D eigenvalue weighted by atomic mass is 16.6. The average molecular weight is 453 g/mol. The summed E-state index contributed by atoms with van der Waals surface area (Å²) in [5.74, 6) is -1.18. The smallest absolute Gasteiger partial charge is 0.295 e. The van der Waals surface area contributed by atoms with Crippen LogP contribution in [0.25, 0.3) is 5.76 Å². The van der Waals surface area contributed by atoms with E-state index in [1.165, 1.54) is 29.2 Å². The molecule has 1 heterocycles. The van der Waals surface area contributed by atoms with Crippen molar-refractivity contribution in [2.75, 3.05) is 33.8 Å². The summed E-state index contributed by atoms with van der Waals surface area (Å²) in [6.45, 7) is 3.30. The van der Waals surface area contributed by atoms with Gasteiger partial charge in [-0.1, -0.05) is 6.92 Å². The highest BCUT2D eigenvalue weighted by molar-refractivity contribution is 6.46. The Kier molecular flexibility index (Phi) is 7.44. The lowest BCUT2D eigenvalue weighted by atomic mass is 9.95. The Morgan fingerprint density at radius 3 is 2.30 bits per heavy atom. The first-order valence-electron chi connectivity index (χ1n) is 10.6. The van der Waals surface area contributed by atoms with E-state index >= 15 is 0 Å². The van der Waals surface area contributed by atoms with Crippen molar-refractivity contribution in [2.24, 2.45) is 0 Å². The molecule has 9 nitrogen and oxygen atoms in total. The van der Waals surface area contributed by atoms with Gasteiger partial charge in [0, 0.05) is 30.8 Å². The van der Waals surface area contributed by atoms with Crippen LogP contribution in [-0.4, -0.2) is 65.3 Å². The molecular weight excluding hydrogens is 426 g/mol. The molecule has 1 fully saturated rings. The minimum Gasteiger partial charge on any atom is -0.507 e. The highest BCUT2D eigenvalue weighted by Crippen LogP contribution is 2.39. The molecule has 33 heavy (non-hydrogen) atoms. The second kappa shape index (κ2) is 10.3. The average Bonchev–Trinajstić information content (AvgIpc) is 3.06. The van der Waals surface area contributed by atoms with Crippen molar-refractivity contribution in [3.05, 3.63) is 75.3 Å². The lowest BCUT2D eigenvalue weighted by Crippen LogP contribution is -2.35. The van der Waals surface area contributed by atoms with Crippen LogP contribution in [0, 0.1) is 10.1 Å². The monoisotopic (exact) mass is 453 g/mol. The molecule has 0 spiro atoms. The van der Waals surface area contributed by atoms with Gasteiger partial charge in [0.15, 0.2) is 0 Å². The number of nitro benzene ring substituents is 1. The van der Waals surface area contributed by atoms with E-state index in [1.54, 1.807) is 24.3 Å². The van der Waals surface area contributed by atoms with Gasteiger partial charge >= 0.3 is 0 Å². The SMILES string of the molecule is CCCOc1ccc(C(O)=C2C(=O)C(=O)N(CCN(C)C)[C@@H]2c2ccc([N+](=O)[O-])cc2)cc1. The van der Waals surface area contributed by atoms with E-state index in [4.69, 9.17) is 4.74 Å². The molecule has 3 rings (SSSR count). The van der Waals surface area contributed by atoms with Crippen molar-refractivity contribution in [1.82, 2.24) is 9.80 Å². The zero-order chi connectivity index (χ0) is 24.1. The van der Waals surface area contributed by atoms with Gasteiger partial charge in [0.05, 0.1) is 23.1 Å². The largest absolute Gasteiger partial charge is 0.507 e. The van der Waals surface area contributed by atoms with Crippen molar-refractivity contribution < 1.29 is 24.4 Å². The van der Waals surface area contributed by atoms with E-state index in [2.05, 4.69) is 0 Å². The lowest BCUT2D eigenvalue weighted by Gasteiger charge is -2.26. The molecule has 0 aliphatic carbocycles. The number of ketones is 1. The van der Waals surface area contributed by atoms with E-state index in [0.717, 1.165) is 6.42 Å². The van der Waals surface area contributed by atoms with E-state index in [9.17, 15) is 24.8 Å². The van der Waals surface area contributed by atoms with Crippen LogP contribution in [0.1, 0.15) is 30.5 Å². The van der Waals surface area contributed by atoms with Crippen LogP contribution in [0.2, 0.25) is 0 Å². The molecule has 0 saturated carbocycles. The third-order valence-corrected chi connectivity index (χ3v) is 5.35. The molecule has 0 bridgehead atoms. The summed E-state index contributed by atoms with van der Waals surface area (Å²) in [7, 11) is 3.69. The number of nitro groups is 1. The van der Waals surface area contributed by atoms with Crippen molar-refractivity contribution in [3.63, 3.8) is 0 Å². The second-order valence-electron chi connectivity index (χ2n) is 8.02. The quantitative estimate of drug-likeness (QED) is 0.204. The first-order chi connectivity index (χ1) is 15.7. The van der Waals surface area contributed by atoms with Gasteiger partial charge in [0.1, 0.15) is 11.5 Å². The summed E-state index contributed by atoms with van der Waals surface area (Å²) in [5.41, 5.74) is 0.723. The Morgan fingerprint density at radius 1 is 1.12 bits per heavy atom. The van der Waals surface area contributed by atoms with Crippen molar-refractivity contribution in [3.8, 4) is 5.75 Å². The number of carbonyl (C=O) groups excluding carboxylic acids is 2. The van der Waals surface area contributed by atoms with Gasteiger partial charge < -0.3 is 19.6 Å². The molecule has 1 aliphatic heterocycles. The Hall–Kier alpha value is -3.72. The number of amides is 1. The van der Waals surface area contributed by atoms with Crippen LogP contribution in [0.15, 0.2) is 54.1 Å². The number of non-ortho nitro benzene ring substituents is 1. The van der Waals surface area contributed by atoms with Crippen molar-refractivity contribution in [1.29, 1.82) is 0 Å². The predicted octanol–water partition coefficient (Wildman–Crippen LogP) is 3.37. The zero-order valence-electron chi connectivity index (χ0n) is 18.9. The third kappa shape index (κ3) is 5.20. The maximum Gasteiger partial charge on any atom is 0.295 e. The molecule has 1 atom stereocenters. The summed E-state index contributed by atoms with van der Waals surface area (Å²) in [6, 6.07) is 11.4. The van der Waals surface area contributed by atoms with Gasteiger partial charge in [-0.25, -0.2) is 0 Å². The van der Waals surface area contributed by atoms with Gasteiger partial charge in [0.25, 0.3) is 17.4 Å². The van der Waals surface area contributed by atoms with Gasteiger partial charge in [-0.3, -0.25) is 19.7 Å². The van der Waals surface area contributed by atoms with Crippen LogP contribution in [0.5, 0.6) is 5.75 Å². The molecule has 1 N–H and O–H groups in total. The number of carbonyl (C=O) groups is 2. The summed E-state index contributed by atoms with van der Waals surface area (Å²) in [6.07, 6.45) is 0.855. The minimum atomic E-state index is -0.859. The van der Waals surface area contributed by atoms with Crippen molar-refractivity contribution >= 4 is 23.1 Å². The number of ether oxygens (including phenoxy) is 1. The third-order valence-electron chi connectivity index (χ3n) is 5.35. The van der Waals surface area contributed by atoms with Gasteiger partial charge in [-0.15, -0.1) is 0 Å². The number of likely N-dealkylation sites (tertiary alicyclic amines) is 1. The number of hydrogen-bond acceptors (Lipinski definition) is 7. The number of aliphatic hydroxyl groups excluding tert-OH is 1. The van der Waals surface area contributed by atoms with Gasteiger partial charge in [-0.2, -0.15) is 0 Å². The summed E-state index contributed by atoms with van der Waals surface area (Å²) < 4.78 is 5.56. The molecule has 1 saturated heterocycles. The maximum absolute atomic E-state index is 13.0. The topological polar surface area (TPSA) is 113 Å². The normalized spacial score (nSPS) is 17.6. The number of Topliss-reactive ketones (excluding diaryl/α,β-unsaturated/α-hetero) is 1. The van der Waals surface area contributed by atoms with Crippen LogP contribution in [0.3, 0.4) is 0 Å². The maximum atomic E-state index is 13.0. The molecular formula is C24H27N3O6. The first-order valence-corrected chi connectivity index (χ1v) is 10.6. The molecule has 0 radical (unpaired) electrons. The fraction of sp³-hybridized carbons (Fsp3) is 0.333. The second-order valence-corrected chi connectivity index (χ2v) is 8.02. The predicted molar refractivity (Wildman–Crippen MR) is 123 cm³/mol. The number of likely N-dealkylation sites (N-methyl/N-ethyl adjacent to an activating group) is 1. The first kappa shape index (κ1) is 23.9. The molecule has 0 aromatic heterocycles. The van der Waals surface area contributed by atoms with Gasteiger partial charge in [0.2, 0.25) is 0 Å². The van der Waals surface area contributed by atoms with Gasteiger partial charge in [-0.05, 0) is 62.5 Å². The Bertz CT molecular complexity index is 1060. The van der Waals surface area contributed by atoms with Crippen LogP contribution >= 0.6 is 0 Å². The summed E-state index contributed by atoms with van der Waals surface area (Å²) in [5, 5.41) is 22.1. The molecule has 174 valence electrons. The van der Waals surface area contributed by atoms with Crippen LogP contribution in [-0.2, 0) is 9.59 Å². The fourth-order valence-electron chi connectivity index (χ4n) is 3.63.